The molecular formula is C30H57NO6. The van der Waals surface area contributed by atoms with Gasteiger partial charge in [-0.2, -0.15) is 0 Å². The summed E-state index contributed by atoms with van der Waals surface area (Å²) in [5.74, 6) is -0.989. The molecule has 0 bridgehead atoms. The van der Waals surface area contributed by atoms with Crippen molar-refractivity contribution in [1.29, 1.82) is 0 Å². The normalized spacial score (nSPS) is 11.9. The molecule has 37 heavy (non-hydrogen) atoms. The highest BCUT2D eigenvalue weighted by molar-refractivity contribution is 5.71. The molecule has 0 fully saturated rings. The molecule has 0 aromatic heterocycles. The molecule has 0 amide bonds. The van der Waals surface area contributed by atoms with Crippen molar-refractivity contribution in [2.75, 3.05) is 33.9 Å². The maximum absolute atomic E-state index is 12.4. The highest BCUT2D eigenvalue weighted by Crippen LogP contribution is 2.12. The van der Waals surface area contributed by atoms with Crippen LogP contribution in [0.2, 0.25) is 0 Å². The maximum atomic E-state index is 12.4. The number of carbonyl (C=O) groups is 3. The zero-order chi connectivity index (χ0) is 27.6. The fraction of sp³-hybridized carbons (Fsp3) is 0.900. The molecule has 0 aliphatic carbocycles. The molecule has 0 saturated heterocycles. The number of carbonyl (C=O) groups excluding carboxylic acids is 3. The predicted molar refractivity (Wildman–Crippen MR) is 149 cm³/mol. The lowest BCUT2D eigenvalue weighted by molar-refractivity contribution is -0.167. The molecule has 0 radical (unpaired) electrons. The third kappa shape index (κ3) is 25.8. The summed E-state index contributed by atoms with van der Waals surface area (Å²) in [7, 11) is 3.77. The minimum absolute atomic E-state index is 0.0834. The molecule has 0 aliphatic rings. The number of esters is 3. The Bertz CT molecular complexity index is 566. The van der Waals surface area contributed by atoms with Crippen molar-refractivity contribution in [3.8, 4) is 0 Å². The monoisotopic (exact) mass is 527 g/mol. The Morgan fingerprint density at radius 3 is 1.35 bits per heavy atom. The Balaban J connectivity index is 4.30. The second-order valence-corrected chi connectivity index (χ2v) is 10.5. The lowest BCUT2D eigenvalue weighted by atomic mass is 10.1. The van der Waals surface area contributed by atoms with E-state index in [4.69, 9.17) is 14.2 Å². The van der Waals surface area contributed by atoms with Crippen molar-refractivity contribution < 1.29 is 28.6 Å². The first kappa shape index (κ1) is 35.4. The average molecular weight is 528 g/mol. The Kier molecular flexibility index (Phi) is 24.9. The van der Waals surface area contributed by atoms with Crippen molar-refractivity contribution >= 4 is 17.9 Å². The van der Waals surface area contributed by atoms with Gasteiger partial charge in [-0.15, -0.1) is 0 Å². The molecule has 0 aromatic rings. The van der Waals surface area contributed by atoms with Gasteiger partial charge in [-0.05, 0) is 26.9 Å². The Labute approximate surface area is 227 Å². The third-order valence-electron chi connectivity index (χ3n) is 6.39. The molecule has 1 atom stereocenters. The number of hydrogen-bond donors (Lipinski definition) is 0. The van der Waals surface area contributed by atoms with Crippen molar-refractivity contribution in [2.24, 2.45) is 0 Å². The van der Waals surface area contributed by atoms with Crippen LogP contribution in [0, 0.1) is 0 Å². The quantitative estimate of drug-likeness (QED) is 0.0680. The maximum Gasteiger partial charge on any atom is 0.307 e. The van der Waals surface area contributed by atoms with Crippen LogP contribution in [0.15, 0.2) is 0 Å². The fourth-order valence-electron chi connectivity index (χ4n) is 4.00. The van der Waals surface area contributed by atoms with Crippen LogP contribution in [0.1, 0.15) is 136 Å². The van der Waals surface area contributed by atoms with Crippen LogP contribution in [0.25, 0.3) is 0 Å². The van der Waals surface area contributed by atoms with Crippen LogP contribution in [0.5, 0.6) is 0 Å². The molecule has 7 nitrogen and oxygen atoms in total. The average Bonchev–Trinajstić information content (AvgIpc) is 2.87. The fourth-order valence-corrected chi connectivity index (χ4v) is 4.00. The van der Waals surface area contributed by atoms with Crippen LogP contribution in [-0.2, 0) is 28.6 Å². The Morgan fingerprint density at radius 1 is 0.541 bits per heavy atom. The van der Waals surface area contributed by atoms with Crippen LogP contribution in [0.3, 0.4) is 0 Å². The molecule has 0 spiro atoms. The van der Waals surface area contributed by atoms with Gasteiger partial charge in [-0.1, -0.05) is 104 Å². The lowest BCUT2D eigenvalue weighted by Crippen LogP contribution is -2.31. The molecule has 0 N–H and O–H groups in total. The molecule has 0 aromatic carbocycles. The number of ether oxygens (including phenoxy) is 3. The standard InChI is InChI=1S/C30H57NO6/c1-5-7-9-11-13-15-17-19-21-28(32)35-25-27(26-36-29(33)23-24-31(3)4)37-30(34)22-20-18-16-14-12-10-8-6-2/h27H,5-26H2,1-4H3/t27-/m1/s1. The molecule has 0 aliphatic heterocycles. The molecular weight excluding hydrogens is 470 g/mol. The van der Waals surface area contributed by atoms with E-state index >= 15 is 0 Å². The summed E-state index contributed by atoms with van der Waals surface area (Å²) in [5, 5.41) is 0. The van der Waals surface area contributed by atoms with Gasteiger partial charge in [0.2, 0.25) is 0 Å². The summed E-state index contributed by atoms with van der Waals surface area (Å²) >= 11 is 0. The second-order valence-electron chi connectivity index (χ2n) is 10.5. The molecule has 0 heterocycles. The third-order valence-corrected chi connectivity index (χ3v) is 6.39. The summed E-state index contributed by atoms with van der Waals surface area (Å²) in [5.41, 5.74) is 0. The topological polar surface area (TPSA) is 82.1 Å². The van der Waals surface area contributed by atoms with Crippen molar-refractivity contribution in [3.63, 3.8) is 0 Å². The molecule has 0 saturated carbocycles. The first-order valence-corrected chi connectivity index (χ1v) is 15.0. The van der Waals surface area contributed by atoms with Crippen LogP contribution in [0.4, 0.5) is 0 Å². The van der Waals surface area contributed by atoms with E-state index < -0.39 is 6.10 Å². The van der Waals surface area contributed by atoms with E-state index in [2.05, 4.69) is 13.8 Å². The molecule has 7 heteroatoms. The summed E-state index contributed by atoms with van der Waals surface area (Å²) < 4.78 is 16.2. The van der Waals surface area contributed by atoms with E-state index in [1.807, 2.05) is 19.0 Å². The van der Waals surface area contributed by atoms with Gasteiger partial charge >= 0.3 is 17.9 Å². The number of unbranched alkanes of at least 4 members (excludes halogenated alkanes) is 14. The predicted octanol–water partition coefficient (Wildman–Crippen LogP) is 7.00. The minimum Gasteiger partial charge on any atom is -0.462 e. The largest absolute Gasteiger partial charge is 0.462 e. The zero-order valence-electron chi connectivity index (χ0n) is 24.5. The highest BCUT2D eigenvalue weighted by Gasteiger charge is 2.19. The van der Waals surface area contributed by atoms with Crippen molar-refractivity contribution in [1.82, 2.24) is 4.90 Å². The summed E-state index contributed by atoms with van der Waals surface area (Å²) in [4.78, 5) is 38.4. The second kappa shape index (κ2) is 26.0. The smallest absolute Gasteiger partial charge is 0.307 e. The first-order chi connectivity index (χ1) is 17.9. The van der Waals surface area contributed by atoms with Gasteiger partial charge in [0, 0.05) is 19.4 Å². The minimum atomic E-state index is -0.771. The van der Waals surface area contributed by atoms with E-state index in [9.17, 15) is 14.4 Å². The van der Waals surface area contributed by atoms with E-state index in [0.717, 1.165) is 38.5 Å². The Morgan fingerprint density at radius 2 is 0.919 bits per heavy atom. The first-order valence-electron chi connectivity index (χ1n) is 15.0. The van der Waals surface area contributed by atoms with Gasteiger partial charge in [-0.3, -0.25) is 14.4 Å². The van der Waals surface area contributed by atoms with Gasteiger partial charge in [0.15, 0.2) is 6.10 Å². The summed E-state index contributed by atoms with van der Waals surface area (Å²) in [6, 6.07) is 0. The Hall–Kier alpha value is -1.63. The van der Waals surface area contributed by atoms with Crippen LogP contribution < -0.4 is 0 Å². The van der Waals surface area contributed by atoms with Gasteiger partial charge in [0.1, 0.15) is 13.2 Å². The van der Waals surface area contributed by atoms with Crippen LogP contribution in [-0.4, -0.2) is 62.8 Å². The lowest BCUT2D eigenvalue weighted by Gasteiger charge is -2.18. The van der Waals surface area contributed by atoms with Crippen LogP contribution >= 0.6 is 0 Å². The summed E-state index contributed by atoms with van der Waals surface area (Å²) in [6.07, 6.45) is 18.6. The number of nitrogens with zero attached hydrogens (tertiary/aromatic N) is 1. The summed E-state index contributed by atoms with van der Waals surface area (Å²) in [6.45, 7) is 4.82. The van der Waals surface area contributed by atoms with E-state index in [1.165, 1.54) is 64.2 Å². The molecule has 218 valence electrons. The molecule has 0 unspecified atom stereocenters. The SMILES string of the molecule is CCCCCCCCCCC(=O)OC[C@H](COC(=O)CCN(C)C)OC(=O)CCCCCCCCCC. The van der Waals surface area contributed by atoms with Gasteiger partial charge in [-0.25, -0.2) is 0 Å². The highest BCUT2D eigenvalue weighted by atomic mass is 16.6. The van der Waals surface area contributed by atoms with Gasteiger partial charge < -0.3 is 19.1 Å². The number of rotatable bonds is 26. The number of hydrogen-bond acceptors (Lipinski definition) is 7. The van der Waals surface area contributed by atoms with Gasteiger partial charge in [0.05, 0.1) is 6.42 Å². The van der Waals surface area contributed by atoms with Crippen molar-refractivity contribution in [3.05, 3.63) is 0 Å². The molecule has 0 rings (SSSR count). The zero-order valence-corrected chi connectivity index (χ0v) is 24.5. The van der Waals surface area contributed by atoms with E-state index in [-0.39, 0.29) is 37.5 Å². The van der Waals surface area contributed by atoms with Crippen molar-refractivity contribution in [2.45, 2.75) is 142 Å². The van der Waals surface area contributed by atoms with E-state index in [1.54, 1.807) is 0 Å². The van der Waals surface area contributed by atoms with E-state index in [0.29, 0.717) is 19.4 Å². The van der Waals surface area contributed by atoms with Gasteiger partial charge in [0.25, 0.3) is 0 Å².